The molecule has 0 aliphatic carbocycles. The maximum absolute atomic E-state index is 13.3. The second-order valence-electron chi connectivity index (χ2n) is 6.70. The Morgan fingerprint density at radius 1 is 1.10 bits per heavy atom. The third-order valence-electron chi connectivity index (χ3n) is 4.51. The number of anilines is 1. The summed E-state index contributed by atoms with van der Waals surface area (Å²) in [6.07, 6.45) is -1.12. The van der Waals surface area contributed by atoms with Crippen LogP contribution in [-0.4, -0.2) is 23.0 Å². The van der Waals surface area contributed by atoms with Crippen LogP contribution in [0.2, 0.25) is 5.02 Å². The fourth-order valence-corrected chi connectivity index (χ4v) is 3.11. The van der Waals surface area contributed by atoms with Crippen molar-refractivity contribution in [2.75, 3.05) is 5.32 Å². The third-order valence-corrected chi connectivity index (χ3v) is 4.80. The van der Waals surface area contributed by atoms with Gasteiger partial charge in [-0.1, -0.05) is 35.9 Å². The number of amides is 1. The van der Waals surface area contributed by atoms with Gasteiger partial charge in [-0.25, -0.2) is 14.2 Å². The number of carbonyl (C=O) groups excluding carboxylic acids is 2. The molecule has 0 aliphatic rings. The van der Waals surface area contributed by atoms with Crippen LogP contribution in [0.1, 0.15) is 17.3 Å². The second kappa shape index (κ2) is 8.57. The number of carbonyl (C=O) groups is 2. The number of hydrogen-bond donors (Lipinski definition) is 1. The van der Waals surface area contributed by atoms with Gasteiger partial charge in [0.05, 0.1) is 16.1 Å². The predicted octanol–water partition coefficient (Wildman–Crippen LogP) is 5.47. The number of nitrogens with one attached hydrogen (secondary N) is 1. The van der Waals surface area contributed by atoms with Crippen LogP contribution in [0.5, 0.6) is 0 Å². The van der Waals surface area contributed by atoms with Gasteiger partial charge in [-0.05, 0) is 49.4 Å². The molecule has 1 atom stereocenters. The first-order chi connectivity index (χ1) is 14.9. The minimum absolute atomic E-state index is 0.130. The fourth-order valence-electron chi connectivity index (χ4n) is 2.93. The molecule has 1 N–H and O–H groups in total. The smallest absolute Gasteiger partial charge is 0.339 e. The normalized spacial score (nSPS) is 11.8. The minimum atomic E-state index is -1.12. The highest BCUT2D eigenvalue weighted by Crippen LogP contribution is 2.27. The minimum Gasteiger partial charge on any atom is -0.449 e. The van der Waals surface area contributed by atoms with Crippen LogP contribution >= 0.6 is 11.6 Å². The number of aromatic nitrogens is 1. The summed E-state index contributed by atoms with van der Waals surface area (Å²) in [5.74, 6) is -1.63. The molecule has 8 heteroatoms. The van der Waals surface area contributed by atoms with E-state index < -0.39 is 23.8 Å². The van der Waals surface area contributed by atoms with E-state index in [4.69, 9.17) is 20.8 Å². The van der Waals surface area contributed by atoms with Gasteiger partial charge < -0.3 is 14.5 Å². The predicted molar refractivity (Wildman–Crippen MR) is 114 cm³/mol. The maximum Gasteiger partial charge on any atom is 0.339 e. The van der Waals surface area contributed by atoms with Crippen LogP contribution in [0.4, 0.5) is 10.1 Å². The molecule has 31 heavy (non-hydrogen) atoms. The van der Waals surface area contributed by atoms with Gasteiger partial charge in [0.25, 0.3) is 5.91 Å². The Labute approximate surface area is 181 Å². The molecule has 1 aromatic heterocycles. The average molecular weight is 439 g/mol. The number of halogens is 2. The Hall–Kier alpha value is -3.71. The first kappa shape index (κ1) is 20.6. The zero-order valence-electron chi connectivity index (χ0n) is 16.3. The van der Waals surface area contributed by atoms with Crippen LogP contribution in [0, 0.1) is 5.82 Å². The van der Waals surface area contributed by atoms with Gasteiger partial charge in [0, 0.05) is 5.69 Å². The highest BCUT2D eigenvalue weighted by Gasteiger charge is 2.23. The van der Waals surface area contributed by atoms with E-state index in [1.807, 2.05) is 12.1 Å². The lowest BCUT2D eigenvalue weighted by Crippen LogP contribution is -2.30. The number of oxazole rings is 1. The molecule has 0 aliphatic heterocycles. The number of nitrogens with zero attached hydrogens (tertiary/aromatic N) is 1. The number of esters is 1. The number of hydrogen-bond acceptors (Lipinski definition) is 5. The van der Waals surface area contributed by atoms with E-state index in [-0.39, 0.29) is 22.2 Å². The Morgan fingerprint density at radius 2 is 1.84 bits per heavy atom. The van der Waals surface area contributed by atoms with Gasteiger partial charge in [-0.15, -0.1) is 0 Å². The third kappa shape index (κ3) is 4.41. The summed E-state index contributed by atoms with van der Waals surface area (Å²) in [5, 5.41) is 2.40. The van der Waals surface area contributed by atoms with Crippen LogP contribution in [0.15, 0.2) is 71.1 Å². The molecule has 0 radical (unpaired) electrons. The topological polar surface area (TPSA) is 81.4 Å². The van der Waals surface area contributed by atoms with Gasteiger partial charge >= 0.3 is 5.97 Å². The summed E-state index contributed by atoms with van der Waals surface area (Å²) < 4.78 is 24.4. The molecule has 6 nitrogen and oxygen atoms in total. The van der Waals surface area contributed by atoms with E-state index in [0.717, 1.165) is 6.07 Å². The highest BCUT2D eigenvalue weighted by atomic mass is 35.5. The van der Waals surface area contributed by atoms with E-state index in [1.165, 1.54) is 19.1 Å². The van der Waals surface area contributed by atoms with Gasteiger partial charge in [0.2, 0.25) is 5.89 Å². The van der Waals surface area contributed by atoms with E-state index in [0.29, 0.717) is 16.7 Å². The van der Waals surface area contributed by atoms with Crippen LogP contribution in [0.3, 0.4) is 0 Å². The molecular formula is C23H16ClFN2O4. The number of ether oxygens (including phenoxy) is 1. The largest absolute Gasteiger partial charge is 0.449 e. The summed E-state index contributed by atoms with van der Waals surface area (Å²) >= 11 is 5.72. The molecule has 0 spiro atoms. The van der Waals surface area contributed by atoms with Crippen LogP contribution in [0.25, 0.3) is 22.6 Å². The molecule has 1 unspecified atom stereocenters. The molecule has 0 saturated heterocycles. The molecule has 0 saturated carbocycles. The summed E-state index contributed by atoms with van der Waals surface area (Å²) in [5.41, 5.74) is 2.18. The number of benzene rings is 3. The monoisotopic (exact) mass is 438 g/mol. The van der Waals surface area contributed by atoms with E-state index in [2.05, 4.69) is 10.3 Å². The van der Waals surface area contributed by atoms with Crippen LogP contribution in [-0.2, 0) is 9.53 Å². The SMILES string of the molecule is CC(OC(=O)c1ccccc1-c1nc2ccccc2o1)C(=O)Nc1ccc(F)c(Cl)c1. The van der Waals surface area contributed by atoms with Crippen molar-refractivity contribution in [2.45, 2.75) is 13.0 Å². The van der Waals surface area contributed by atoms with Crippen molar-refractivity contribution < 1.29 is 23.1 Å². The van der Waals surface area contributed by atoms with Crippen molar-refractivity contribution >= 4 is 40.3 Å². The first-order valence-electron chi connectivity index (χ1n) is 9.34. The molecule has 4 aromatic rings. The second-order valence-corrected chi connectivity index (χ2v) is 7.11. The van der Waals surface area contributed by atoms with Crippen LogP contribution < -0.4 is 5.32 Å². The van der Waals surface area contributed by atoms with Crippen molar-refractivity contribution in [3.63, 3.8) is 0 Å². The zero-order chi connectivity index (χ0) is 22.0. The maximum atomic E-state index is 13.3. The standard InChI is InChI=1S/C23H16ClFN2O4/c1-13(21(28)26-14-10-11-18(25)17(24)12-14)30-23(29)16-7-3-2-6-15(16)22-27-19-8-4-5-9-20(19)31-22/h2-13H,1H3,(H,26,28). The van der Waals surface area contributed by atoms with Crippen molar-refractivity contribution in [3.05, 3.63) is 83.1 Å². The summed E-state index contributed by atoms with van der Waals surface area (Å²) in [6, 6.07) is 17.7. The van der Waals surface area contributed by atoms with E-state index >= 15 is 0 Å². The molecule has 0 fully saturated rings. The highest BCUT2D eigenvalue weighted by molar-refractivity contribution is 6.31. The lowest BCUT2D eigenvalue weighted by Gasteiger charge is -2.14. The fraction of sp³-hybridized carbons (Fsp3) is 0.0870. The van der Waals surface area contributed by atoms with Crippen molar-refractivity contribution in [1.29, 1.82) is 0 Å². The lowest BCUT2D eigenvalue weighted by atomic mass is 10.1. The average Bonchev–Trinajstić information content (AvgIpc) is 3.20. The van der Waals surface area contributed by atoms with Gasteiger partial charge in [-0.2, -0.15) is 0 Å². The Bertz CT molecular complexity index is 1250. The summed E-state index contributed by atoms with van der Waals surface area (Å²) in [7, 11) is 0. The Balaban J connectivity index is 1.52. The van der Waals surface area contributed by atoms with Crippen molar-refractivity contribution in [3.8, 4) is 11.5 Å². The Kier molecular flexibility index (Phi) is 5.68. The lowest BCUT2D eigenvalue weighted by molar-refractivity contribution is -0.123. The summed E-state index contributed by atoms with van der Waals surface area (Å²) in [4.78, 5) is 29.6. The zero-order valence-corrected chi connectivity index (χ0v) is 17.0. The Morgan fingerprint density at radius 3 is 2.61 bits per heavy atom. The van der Waals surface area contributed by atoms with Crippen molar-refractivity contribution in [1.82, 2.24) is 4.98 Å². The quantitative estimate of drug-likeness (QED) is 0.418. The molecule has 3 aromatic carbocycles. The summed E-state index contributed by atoms with van der Waals surface area (Å²) in [6.45, 7) is 1.43. The van der Waals surface area contributed by atoms with Gasteiger partial charge in [0.15, 0.2) is 11.7 Å². The first-order valence-corrected chi connectivity index (χ1v) is 9.72. The molecule has 0 bridgehead atoms. The molecule has 156 valence electrons. The number of rotatable bonds is 5. The molecule has 4 rings (SSSR count). The molecule has 1 heterocycles. The number of fused-ring (bicyclic) bond motifs is 1. The number of para-hydroxylation sites is 2. The molecular weight excluding hydrogens is 423 g/mol. The molecule has 1 amide bonds. The van der Waals surface area contributed by atoms with E-state index in [9.17, 15) is 14.0 Å². The van der Waals surface area contributed by atoms with Crippen molar-refractivity contribution in [2.24, 2.45) is 0 Å². The van der Waals surface area contributed by atoms with Gasteiger partial charge in [0.1, 0.15) is 11.3 Å². The van der Waals surface area contributed by atoms with Gasteiger partial charge in [-0.3, -0.25) is 4.79 Å². The van der Waals surface area contributed by atoms with E-state index in [1.54, 1.807) is 36.4 Å².